The Balaban J connectivity index is 1.68. The summed E-state index contributed by atoms with van der Waals surface area (Å²) in [6.07, 6.45) is 4.24. The molecule has 3 aliphatic rings. The molecule has 0 fully saturated rings. The predicted octanol–water partition coefficient (Wildman–Crippen LogP) is 3.35. The highest BCUT2D eigenvalue weighted by atomic mass is 79.9. The van der Waals surface area contributed by atoms with Crippen LogP contribution in [0.15, 0.2) is 22.7 Å². The molecule has 2 aliphatic heterocycles. The SMILES string of the molecule is O=C1NC2(Nc3sc4c(c31)CCCC4)C(=O)Nc1ccc(Br)cc12. The number of rotatable bonds is 0. The summed E-state index contributed by atoms with van der Waals surface area (Å²) < 4.78 is 0.865. The number of hydrogen-bond acceptors (Lipinski definition) is 4. The van der Waals surface area contributed by atoms with Crippen molar-refractivity contribution in [2.75, 3.05) is 10.6 Å². The molecule has 1 spiro atoms. The first-order valence-electron chi connectivity index (χ1n) is 7.95. The lowest BCUT2D eigenvalue weighted by Gasteiger charge is -2.34. The monoisotopic (exact) mass is 403 g/mol. The van der Waals surface area contributed by atoms with Gasteiger partial charge in [0, 0.05) is 20.6 Å². The first-order valence-corrected chi connectivity index (χ1v) is 9.56. The van der Waals surface area contributed by atoms with Crippen LogP contribution >= 0.6 is 27.3 Å². The van der Waals surface area contributed by atoms with E-state index in [1.54, 1.807) is 11.3 Å². The molecule has 5 rings (SSSR count). The van der Waals surface area contributed by atoms with Gasteiger partial charge in [0.05, 0.1) is 5.56 Å². The zero-order valence-electron chi connectivity index (χ0n) is 12.7. The number of hydrogen-bond donors (Lipinski definition) is 3. The maximum atomic E-state index is 12.9. The van der Waals surface area contributed by atoms with E-state index in [-0.39, 0.29) is 11.8 Å². The van der Waals surface area contributed by atoms with Crippen LogP contribution in [0.3, 0.4) is 0 Å². The summed E-state index contributed by atoms with van der Waals surface area (Å²) in [5.41, 5.74) is 2.13. The van der Waals surface area contributed by atoms with Gasteiger partial charge in [-0.3, -0.25) is 9.59 Å². The molecule has 0 saturated carbocycles. The van der Waals surface area contributed by atoms with Crippen molar-refractivity contribution in [1.29, 1.82) is 0 Å². The van der Waals surface area contributed by atoms with Crippen LogP contribution in [0.2, 0.25) is 0 Å². The van der Waals surface area contributed by atoms with Crippen molar-refractivity contribution in [1.82, 2.24) is 5.32 Å². The highest BCUT2D eigenvalue weighted by Crippen LogP contribution is 2.46. The summed E-state index contributed by atoms with van der Waals surface area (Å²) in [5.74, 6) is -0.410. The Morgan fingerprint density at radius 2 is 1.96 bits per heavy atom. The van der Waals surface area contributed by atoms with Crippen molar-refractivity contribution in [3.63, 3.8) is 0 Å². The van der Waals surface area contributed by atoms with E-state index in [0.29, 0.717) is 0 Å². The smallest absolute Gasteiger partial charge is 0.275 e. The molecule has 2 aromatic rings. The quantitative estimate of drug-likeness (QED) is 0.631. The second kappa shape index (κ2) is 4.83. The number of benzene rings is 1. The molecule has 3 heterocycles. The van der Waals surface area contributed by atoms with Gasteiger partial charge in [0.15, 0.2) is 0 Å². The molecule has 7 heteroatoms. The first kappa shape index (κ1) is 14.5. The number of thiophene rings is 1. The molecular weight excluding hydrogens is 390 g/mol. The number of aryl methyl sites for hydroxylation is 1. The van der Waals surface area contributed by atoms with Gasteiger partial charge in [-0.05, 0) is 49.4 Å². The van der Waals surface area contributed by atoms with Gasteiger partial charge in [-0.15, -0.1) is 11.3 Å². The van der Waals surface area contributed by atoms with Gasteiger partial charge in [0.25, 0.3) is 11.8 Å². The van der Waals surface area contributed by atoms with Gasteiger partial charge in [-0.1, -0.05) is 15.9 Å². The van der Waals surface area contributed by atoms with Crippen LogP contribution < -0.4 is 16.0 Å². The average Bonchev–Trinajstić information content (AvgIpc) is 3.05. The van der Waals surface area contributed by atoms with Crippen LogP contribution in [0.4, 0.5) is 10.7 Å². The van der Waals surface area contributed by atoms with Crippen LogP contribution in [-0.4, -0.2) is 11.8 Å². The molecule has 1 aliphatic carbocycles. The number of fused-ring (bicyclic) bond motifs is 5. The van der Waals surface area contributed by atoms with E-state index in [0.717, 1.165) is 57.5 Å². The topological polar surface area (TPSA) is 70.2 Å². The van der Waals surface area contributed by atoms with Gasteiger partial charge < -0.3 is 16.0 Å². The zero-order valence-corrected chi connectivity index (χ0v) is 15.1. The van der Waals surface area contributed by atoms with Crippen molar-refractivity contribution >= 4 is 49.8 Å². The van der Waals surface area contributed by atoms with Gasteiger partial charge in [0.2, 0.25) is 5.66 Å². The van der Waals surface area contributed by atoms with Gasteiger partial charge >= 0.3 is 0 Å². The molecule has 1 aromatic carbocycles. The molecule has 0 radical (unpaired) electrons. The van der Waals surface area contributed by atoms with Crippen molar-refractivity contribution in [3.8, 4) is 0 Å². The Bertz CT molecular complexity index is 923. The number of anilines is 2. The van der Waals surface area contributed by atoms with Crippen LogP contribution in [0.1, 0.15) is 39.2 Å². The zero-order chi connectivity index (χ0) is 16.5. The van der Waals surface area contributed by atoms with Gasteiger partial charge in [-0.25, -0.2) is 0 Å². The van der Waals surface area contributed by atoms with Crippen LogP contribution in [0.25, 0.3) is 0 Å². The van der Waals surface area contributed by atoms with E-state index in [4.69, 9.17) is 0 Å². The molecule has 1 unspecified atom stereocenters. The fourth-order valence-corrected chi connectivity index (χ4v) is 5.55. The maximum Gasteiger partial charge on any atom is 0.275 e. The molecule has 1 aromatic heterocycles. The molecule has 2 amide bonds. The Hall–Kier alpha value is -1.86. The Morgan fingerprint density at radius 1 is 1.12 bits per heavy atom. The third-order valence-corrected chi connectivity index (χ3v) is 6.68. The third kappa shape index (κ3) is 1.79. The second-order valence-electron chi connectivity index (χ2n) is 6.39. The summed E-state index contributed by atoms with van der Waals surface area (Å²) in [6, 6.07) is 5.59. The molecule has 1 atom stereocenters. The summed E-state index contributed by atoms with van der Waals surface area (Å²) in [4.78, 5) is 26.9. The summed E-state index contributed by atoms with van der Waals surface area (Å²) in [6.45, 7) is 0. The molecule has 122 valence electrons. The largest absolute Gasteiger partial charge is 0.342 e. The summed E-state index contributed by atoms with van der Waals surface area (Å²) >= 11 is 5.07. The third-order valence-electron chi connectivity index (χ3n) is 4.97. The number of carbonyl (C=O) groups excluding carboxylic acids is 2. The Morgan fingerprint density at radius 3 is 2.83 bits per heavy atom. The lowest BCUT2D eigenvalue weighted by molar-refractivity contribution is -0.120. The van der Waals surface area contributed by atoms with Crippen molar-refractivity contribution in [3.05, 3.63) is 44.2 Å². The minimum Gasteiger partial charge on any atom is -0.342 e. The van der Waals surface area contributed by atoms with Crippen LogP contribution in [0.5, 0.6) is 0 Å². The maximum absolute atomic E-state index is 12.9. The highest BCUT2D eigenvalue weighted by molar-refractivity contribution is 9.10. The van der Waals surface area contributed by atoms with E-state index in [2.05, 4.69) is 31.9 Å². The first-order chi connectivity index (χ1) is 11.6. The number of nitrogens with one attached hydrogen (secondary N) is 3. The van der Waals surface area contributed by atoms with Crippen molar-refractivity contribution < 1.29 is 9.59 Å². The van der Waals surface area contributed by atoms with Crippen molar-refractivity contribution in [2.24, 2.45) is 0 Å². The predicted molar refractivity (Wildman–Crippen MR) is 96.5 cm³/mol. The lowest BCUT2D eigenvalue weighted by atomic mass is 9.92. The normalized spacial score (nSPS) is 23.9. The average molecular weight is 404 g/mol. The minimum absolute atomic E-state index is 0.161. The fourth-order valence-electron chi connectivity index (χ4n) is 3.85. The number of amides is 2. The van der Waals surface area contributed by atoms with Crippen molar-refractivity contribution in [2.45, 2.75) is 31.3 Å². The number of carbonyl (C=O) groups is 2. The van der Waals surface area contributed by atoms with Crippen LogP contribution in [-0.2, 0) is 23.3 Å². The standard InChI is InChI=1S/C17H14BrN3O2S/c18-8-5-6-11-10(7-8)17(16(23)19-11)20-14(22)13-9-3-1-2-4-12(9)24-15(13)21-17/h5-7,21H,1-4H2,(H,19,23)(H,20,22). The van der Waals surface area contributed by atoms with E-state index in [1.807, 2.05) is 18.2 Å². The molecule has 24 heavy (non-hydrogen) atoms. The van der Waals surface area contributed by atoms with E-state index >= 15 is 0 Å². The van der Waals surface area contributed by atoms with E-state index in [1.165, 1.54) is 4.88 Å². The molecule has 5 nitrogen and oxygen atoms in total. The number of halogens is 1. The molecular formula is C17H14BrN3O2S. The highest BCUT2D eigenvalue weighted by Gasteiger charge is 2.52. The minimum atomic E-state index is -1.23. The fraction of sp³-hybridized carbons (Fsp3) is 0.294. The Labute approximate surface area is 151 Å². The van der Waals surface area contributed by atoms with Crippen LogP contribution in [0, 0.1) is 0 Å². The molecule has 0 bridgehead atoms. The van der Waals surface area contributed by atoms with E-state index in [9.17, 15) is 9.59 Å². The van der Waals surface area contributed by atoms with Gasteiger partial charge in [-0.2, -0.15) is 0 Å². The molecule has 0 saturated heterocycles. The lowest BCUT2D eigenvalue weighted by Crippen LogP contribution is -2.58. The summed E-state index contributed by atoms with van der Waals surface area (Å²) in [5, 5.41) is 9.97. The second-order valence-corrected chi connectivity index (χ2v) is 8.41. The Kier molecular flexibility index (Phi) is 2.91. The molecule has 3 N–H and O–H groups in total. The van der Waals surface area contributed by atoms with E-state index < -0.39 is 5.66 Å². The van der Waals surface area contributed by atoms with Gasteiger partial charge in [0.1, 0.15) is 5.00 Å². The summed E-state index contributed by atoms with van der Waals surface area (Å²) in [7, 11) is 0.